The van der Waals surface area contributed by atoms with E-state index in [1.807, 2.05) is 30.3 Å². The van der Waals surface area contributed by atoms with E-state index in [0.29, 0.717) is 11.4 Å². The van der Waals surface area contributed by atoms with Crippen LogP contribution in [-0.4, -0.2) is 30.0 Å². The summed E-state index contributed by atoms with van der Waals surface area (Å²) in [6, 6.07) is 21.5. The maximum atomic E-state index is 12.0. The molecule has 10 nitrogen and oxygen atoms in total. The maximum absolute atomic E-state index is 12.0. The molecule has 3 aromatic carbocycles. The molecule has 0 aliphatic rings. The summed E-state index contributed by atoms with van der Waals surface area (Å²) >= 11 is 0. The van der Waals surface area contributed by atoms with Gasteiger partial charge in [0.2, 0.25) is 0 Å². The van der Waals surface area contributed by atoms with Gasteiger partial charge in [-0.2, -0.15) is 10.2 Å². The molecule has 10 heteroatoms. The summed E-state index contributed by atoms with van der Waals surface area (Å²) in [5, 5.41) is 21.7. The molecular weight excluding hydrogens is 416 g/mol. The number of ether oxygens (including phenoxy) is 2. The molecule has 0 saturated carbocycles. The van der Waals surface area contributed by atoms with Gasteiger partial charge in [0.1, 0.15) is 0 Å². The molecule has 0 aliphatic heterocycles. The number of benzene rings is 3. The fourth-order valence-electron chi connectivity index (χ4n) is 2.47. The van der Waals surface area contributed by atoms with Gasteiger partial charge in [-0.05, 0) is 42.5 Å². The van der Waals surface area contributed by atoms with Gasteiger partial charge >= 0.3 is 11.7 Å². The number of nitrogens with zero attached hydrogens (tertiary/aromatic N) is 3. The number of nitro benzene ring substituents is 1. The van der Waals surface area contributed by atoms with Crippen LogP contribution in [0.5, 0.6) is 5.75 Å². The third kappa shape index (κ3) is 6.73. The van der Waals surface area contributed by atoms with Crippen molar-refractivity contribution in [2.45, 2.75) is 0 Å². The number of hydrogen-bond acceptors (Lipinski definition) is 8. The lowest BCUT2D eigenvalue weighted by molar-refractivity contribution is -0.385. The number of amides is 1. The first-order valence-electron chi connectivity index (χ1n) is 9.40. The summed E-state index contributed by atoms with van der Waals surface area (Å²) in [4.78, 5) is 34.0. The molecule has 3 rings (SSSR count). The van der Waals surface area contributed by atoms with Crippen LogP contribution in [0.3, 0.4) is 0 Å². The Morgan fingerprint density at radius 3 is 2.16 bits per heavy atom. The Labute approximate surface area is 182 Å². The van der Waals surface area contributed by atoms with Gasteiger partial charge in [-0.15, -0.1) is 0 Å². The van der Waals surface area contributed by atoms with Gasteiger partial charge in [0, 0.05) is 11.8 Å². The van der Waals surface area contributed by atoms with Crippen LogP contribution >= 0.6 is 0 Å². The number of esters is 1. The summed E-state index contributed by atoms with van der Waals surface area (Å²) in [6.07, 6.45) is 0. The van der Waals surface area contributed by atoms with E-state index in [1.54, 1.807) is 24.3 Å². The molecule has 0 aliphatic carbocycles. The Morgan fingerprint density at radius 2 is 1.47 bits per heavy atom. The fraction of sp³-hybridized carbons (Fsp3) is 0.0909. The lowest BCUT2D eigenvalue weighted by atomic mass is 10.3. The smallest absolute Gasteiger partial charge is 0.344 e. The average molecular weight is 434 g/mol. The van der Waals surface area contributed by atoms with Crippen LogP contribution < -0.4 is 10.1 Å². The van der Waals surface area contributed by atoms with Crippen molar-refractivity contribution in [3.63, 3.8) is 0 Å². The number of carbonyl (C=O) groups is 2. The number of hydrogen-bond donors (Lipinski definition) is 1. The highest BCUT2D eigenvalue weighted by Gasteiger charge is 2.16. The van der Waals surface area contributed by atoms with Crippen LogP contribution in [0.4, 0.5) is 22.7 Å². The Bertz CT molecular complexity index is 1120. The van der Waals surface area contributed by atoms with Crippen LogP contribution in [0.2, 0.25) is 0 Å². The molecule has 0 spiro atoms. The van der Waals surface area contributed by atoms with Crippen molar-refractivity contribution in [2.24, 2.45) is 10.2 Å². The van der Waals surface area contributed by atoms with E-state index in [4.69, 9.17) is 9.47 Å². The number of rotatable bonds is 9. The van der Waals surface area contributed by atoms with Crippen molar-refractivity contribution in [1.29, 1.82) is 0 Å². The third-order valence-corrected chi connectivity index (χ3v) is 3.96. The molecule has 0 bridgehead atoms. The van der Waals surface area contributed by atoms with Gasteiger partial charge < -0.3 is 14.8 Å². The lowest BCUT2D eigenvalue weighted by Crippen LogP contribution is -2.23. The van der Waals surface area contributed by atoms with Crippen molar-refractivity contribution in [1.82, 2.24) is 0 Å². The van der Waals surface area contributed by atoms with E-state index in [1.165, 1.54) is 24.3 Å². The summed E-state index contributed by atoms with van der Waals surface area (Å²) < 4.78 is 9.94. The molecule has 3 aromatic rings. The molecule has 0 heterocycles. The molecule has 162 valence electrons. The van der Waals surface area contributed by atoms with Crippen LogP contribution in [0.25, 0.3) is 0 Å². The van der Waals surface area contributed by atoms with E-state index in [2.05, 4.69) is 15.5 Å². The minimum atomic E-state index is -0.838. The summed E-state index contributed by atoms with van der Waals surface area (Å²) in [5.41, 5.74) is 1.54. The normalized spacial score (nSPS) is 10.5. The third-order valence-electron chi connectivity index (χ3n) is 3.96. The van der Waals surface area contributed by atoms with E-state index in [-0.39, 0.29) is 11.4 Å². The second-order valence-corrected chi connectivity index (χ2v) is 6.30. The zero-order valence-corrected chi connectivity index (χ0v) is 16.7. The molecule has 0 unspecified atom stereocenters. The van der Waals surface area contributed by atoms with E-state index in [0.717, 1.165) is 5.69 Å². The molecule has 1 amide bonds. The highest BCUT2D eigenvalue weighted by Crippen LogP contribution is 2.25. The van der Waals surface area contributed by atoms with Crippen molar-refractivity contribution >= 4 is 34.6 Å². The van der Waals surface area contributed by atoms with Crippen molar-refractivity contribution in [3.05, 3.63) is 89.0 Å². The largest absolute Gasteiger partial charge is 0.475 e. The maximum Gasteiger partial charge on any atom is 0.344 e. The van der Waals surface area contributed by atoms with E-state index < -0.39 is 30.0 Å². The number of anilines is 1. The second kappa shape index (κ2) is 11.0. The summed E-state index contributed by atoms with van der Waals surface area (Å²) in [6.45, 7) is -1.10. The Morgan fingerprint density at radius 1 is 0.844 bits per heavy atom. The van der Waals surface area contributed by atoms with Crippen molar-refractivity contribution in [3.8, 4) is 5.75 Å². The SMILES string of the molecule is O=C(COC(=O)COc1ccccc1[N+](=O)[O-])Nc1ccc(N=Nc2ccccc2)cc1. The van der Waals surface area contributed by atoms with Crippen LogP contribution in [0.1, 0.15) is 0 Å². The number of nitro groups is 1. The monoisotopic (exact) mass is 434 g/mol. The van der Waals surface area contributed by atoms with Gasteiger partial charge in [-0.1, -0.05) is 30.3 Å². The molecular formula is C22H18N4O6. The molecule has 32 heavy (non-hydrogen) atoms. The van der Waals surface area contributed by atoms with E-state index >= 15 is 0 Å². The minimum Gasteiger partial charge on any atom is -0.475 e. The highest BCUT2D eigenvalue weighted by atomic mass is 16.6. The van der Waals surface area contributed by atoms with Crippen LogP contribution in [0, 0.1) is 10.1 Å². The molecule has 0 aromatic heterocycles. The zero-order chi connectivity index (χ0) is 22.8. The highest BCUT2D eigenvalue weighted by molar-refractivity contribution is 5.93. The zero-order valence-electron chi connectivity index (χ0n) is 16.7. The number of azo groups is 1. The van der Waals surface area contributed by atoms with E-state index in [9.17, 15) is 19.7 Å². The lowest BCUT2D eigenvalue weighted by Gasteiger charge is -2.08. The Kier molecular flexibility index (Phi) is 7.58. The van der Waals surface area contributed by atoms with Crippen molar-refractivity contribution in [2.75, 3.05) is 18.5 Å². The van der Waals surface area contributed by atoms with Crippen LogP contribution in [0.15, 0.2) is 89.1 Å². The fourth-order valence-corrected chi connectivity index (χ4v) is 2.47. The second-order valence-electron chi connectivity index (χ2n) is 6.30. The van der Waals surface area contributed by atoms with Gasteiger partial charge in [0.05, 0.1) is 16.3 Å². The first-order chi connectivity index (χ1) is 15.5. The molecule has 0 radical (unpaired) electrons. The summed E-state index contributed by atoms with van der Waals surface area (Å²) in [7, 11) is 0. The average Bonchev–Trinajstić information content (AvgIpc) is 2.82. The number of carbonyl (C=O) groups excluding carboxylic acids is 2. The number of nitrogens with one attached hydrogen (secondary N) is 1. The molecule has 0 atom stereocenters. The minimum absolute atomic E-state index is 0.0663. The Hall–Kier alpha value is -4.60. The first kappa shape index (κ1) is 22.1. The predicted octanol–water partition coefficient (Wildman–Crippen LogP) is 4.57. The predicted molar refractivity (Wildman–Crippen MR) is 115 cm³/mol. The molecule has 0 fully saturated rings. The first-order valence-corrected chi connectivity index (χ1v) is 9.40. The van der Waals surface area contributed by atoms with Crippen LogP contribution in [-0.2, 0) is 14.3 Å². The molecule has 1 N–H and O–H groups in total. The topological polar surface area (TPSA) is 132 Å². The summed E-state index contributed by atoms with van der Waals surface area (Å²) in [5.74, 6) is -1.46. The Balaban J connectivity index is 1.43. The van der Waals surface area contributed by atoms with Crippen molar-refractivity contribution < 1.29 is 24.0 Å². The number of para-hydroxylation sites is 2. The van der Waals surface area contributed by atoms with Gasteiger partial charge in [-0.25, -0.2) is 4.79 Å². The van der Waals surface area contributed by atoms with Gasteiger partial charge in [-0.3, -0.25) is 14.9 Å². The molecule has 0 saturated heterocycles. The van der Waals surface area contributed by atoms with Gasteiger partial charge in [0.15, 0.2) is 19.0 Å². The standard InChI is InChI=1S/C22H18N4O6/c27-21(14-32-22(28)15-31-20-9-5-4-8-19(20)26(29)30)23-16-10-12-18(13-11-16)25-24-17-6-2-1-3-7-17/h1-13H,14-15H2,(H,23,27). The quantitative estimate of drug-likeness (QED) is 0.227. The van der Waals surface area contributed by atoms with Gasteiger partial charge in [0.25, 0.3) is 5.91 Å².